The molecule has 0 bridgehead atoms. The molecule has 0 unspecified atom stereocenters. The molecule has 0 fully saturated rings. The Morgan fingerprint density at radius 1 is 0.972 bits per heavy atom. The summed E-state index contributed by atoms with van der Waals surface area (Å²) in [6, 6.07) is 7.89. The first-order valence-corrected chi connectivity index (χ1v) is 15.7. The fraction of sp³-hybridized carbons (Fsp3) is 0.645. The lowest BCUT2D eigenvalue weighted by atomic mass is 9.86. The summed E-state index contributed by atoms with van der Waals surface area (Å²) in [6.07, 6.45) is 3.19. The first-order valence-electron chi connectivity index (χ1n) is 13.5. The van der Waals surface area contributed by atoms with E-state index in [1.54, 1.807) is 7.11 Å². The van der Waals surface area contributed by atoms with Gasteiger partial charge in [-0.2, -0.15) is 0 Å². The van der Waals surface area contributed by atoms with E-state index >= 15 is 0 Å². The van der Waals surface area contributed by atoms with Gasteiger partial charge in [0.2, 0.25) is 5.78 Å². The van der Waals surface area contributed by atoms with Crippen molar-refractivity contribution in [3.05, 3.63) is 41.5 Å². The summed E-state index contributed by atoms with van der Waals surface area (Å²) in [5.41, 5.74) is 7.14. The summed E-state index contributed by atoms with van der Waals surface area (Å²) in [5.74, 6) is 3.08. The Hall–Kier alpha value is -1.87. The molecule has 0 aliphatic heterocycles. The highest BCUT2D eigenvalue weighted by molar-refractivity contribution is 6.90. The molecule has 0 saturated heterocycles. The average Bonchev–Trinajstić information content (AvgIpc) is 2.84. The number of ether oxygens (including phenoxy) is 2. The number of aliphatic hydroxyl groups is 1. The molecule has 36 heavy (non-hydrogen) atoms. The minimum atomic E-state index is -1.97. The molecule has 1 aromatic rings. The monoisotopic (exact) mass is 514 g/mol. The van der Waals surface area contributed by atoms with Gasteiger partial charge >= 0.3 is 0 Å². The molecule has 0 saturated carbocycles. The van der Waals surface area contributed by atoms with Crippen molar-refractivity contribution >= 4 is 13.9 Å². The number of Topliss-reactive ketones (excluding diaryl/α,β-unsaturated/α-hetero) is 1. The zero-order chi connectivity index (χ0) is 27.5. The number of unbranched alkanes of at least 4 members (excludes halogenated alkanes) is 1. The minimum Gasteiger partial charge on any atom is -0.497 e. The van der Waals surface area contributed by atoms with Crippen molar-refractivity contribution in [1.29, 1.82) is 0 Å². The highest BCUT2D eigenvalue weighted by atomic mass is 28.3. The predicted molar refractivity (Wildman–Crippen MR) is 154 cm³/mol. The number of benzene rings is 1. The van der Waals surface area contributed by atoms with Gasteiger partial charge in [0, 0.05) is 12.5 Å². The van der Waals surface area contributed by atoms with Crippen LogP contribution in [0.25, 0.3) is 0 Å². The maximum atomic E-state index is 13.0. The number of carbonyl (C=O) groups is 1. The molecule has 3 atom stereocenters. The highest BCUT2D eigenvalue weighted by Crippen LogP contribution is 2.40. The van der Waals surface area contributed by atoms with Gasteiger partial charge in [0.05, 0.1) is 25.7 Å². The van der Waals surface area contributed by atoms with Crippen molar-refractivity contribution in [3.63, 3.8) is 0 Å². The first kappa shape index (κ1) is 32.2. The number of rotatable bonds is 14. The predicted octanol–water partition coefficient (Wildman–Crippen LogP) is 7.36. The van der Waals surface area contributed by atoms with Gasteiger partial charge in [-0.05, 0) is 60.0 Å². The second kappa shape index (κ2) is 15.4. The largest absolute Gasteiger partial charge is 0.497 e. The van der Waals surface area contributed by atoms with E-state index in [2.05, 4.69) is 59.1 Å². The Labute approximate surface area is 221 Å². The van der Waals surface area contributed by atoms with Crippen LogP contribution in [-0.2, 0) is 16.1 Å². The number of ketones is 1. The normalized spacial score (nSPS) is 15.0. The van der Waals surface area contributed by atoms with Gasteiger partial charge in [0.25, 0.3) is 0 Å². The van der Waals surface area contributed by atoms with Crippen molar-refractivity contribution in [2.24, 2.45) is 11.8 Å². The fourth-order valence-electron chi connectivity index (χ4n) is 5.19. The molecule has 0 amide bonds. The Morgan fingerprint density at radius 2 is 1.53 bits per heavy atom. The quantitative estimate of drug-likeness (QED) is 0.122. The summed E-state index contributed by atoms with van der Waals surface area (Å²) in [6.45, 7) is 20.5. The third kappa shape index (κ3) is 8.90. The molecule has 0 radical (unpaired) electrons. The fourth-order valence-corrected chi connectivity index (χ4v) is 10.4. The van der Waals surface area contributed by atoms with Crippen LogP contribution in [0.4, 0.5) is 0 Å². The van der Waals surface area contributed by atoms with Gasteiger partial charge in [0.15, 0.2) is 0 Å². The summed E-state index contributed by atoms with van der Waals surface area (Å²) in [4.78, 5) is 13.0. The number of hydrogen-bond acceptors (Lipinski definition) is 4. The zero-order valence-electron chi connectivity index (χ0n) is 24.4. The van der Waals surface area contributed by atoms with Gasteiger partial charge in [0.1, 0.15) is 13.8 Å². The van der Waals surface area contributed by atoms with E-state index in [1.807, 2.05) is 45.0 Å². The van der Waals surface area contributed by atoms with Crippen molar-refractivity contribution < 1.29 is 19.4 Å². The van der Waals surface area contributed by atoms with Crippen LogP contribution in [0.1, 0.15) is 80.7 Å². The number of allylic oxidation sites excluding steroid dienone is 1. The van der Waals surface area contributed by atoms with Crippen molar-refractivity contribution in [2.75, 3.05) is 13.7 Å². The van der Waals surface area contributed by atoms with Gasteiger partial charge < -0.3 is 14.6 Å². The van der Waals surface area contributed by atoms with E-state index in [0.717, 1.165) is 29.7 Å². The lowest BCUT2D eigenvalue weighted by molar-refractivity contribution is -0.120. The molecular weight excluding hydrogens is 464 g/mol. The third-order valence-electron chi connectivity index (χ3n) is 7.81. The molecule has 0 spiro atoms. The molecule has 0 aromatic heterocycles. The number of hydrogen-bond donors (Lipinski definition) is 1. The van der Waals surface area contributed by atoms with Gasteiger partial charge in [-0.1, -0.05) is 79.2 Å². The minimum absolute atomic E-state index is 0.103. The van der Waals surface area contributed by atoms with E-state index in [9.17, 15) is 9.90 Å². The summed E-state index contributed by atoms with van der Waals surface area (Å²) < 4.78 is 11.0. The summed E-state index contributed by atoms with van der Waals surface area (Å²) >= 11 is 0. The number of methoxy groups -OCH3 is 1. The molecule has 0 aliphatic rings. The van der Waals surface area contributed by atoms with Gasteiger partial charge in [-0.3, -0.25) is 4.79 Å². The standard InChI is InChI=1S/C31H50O4Si/c1-22(2)36(23(3)4,24(5)6)20-18-30(32)27(9)31(33)26(8)25(7)13-11-12-19-35-21-28-14-16-29(34-10)17-15-28/h13-17,22-24,26-27,31,33H,11-12,19,21H2,1-10H3/b25-13+/t26-,27-,31-/m0/s1. The van der Waals surface area contributed by atoms with Crippen LogP contribution >= 0.6 is 0 Å². The lowest BCUT2D eigenvalue weighted by Gasteiger charge is -2.38. The molecule has 202 valence electrons. The highest BCUT2D eigenvalue weighted by Gasteiger charge is 2.42. The molecule has 4 nitrogen and oxygen atoms in total. The molecule has 1 N–H and O–H groups in total. The molecule has 5 heteroatoms. The topological polar surface area (TPSA) is 55.8 Å². The Balaban J connectivity index is 2.62. The van der Waals surface area contributed by atoms with Crippen LogP contribution in [0, 0.1) is 23.3 Å². The number of carbonyl (C=O) groups excluding carboxylic acids is 1. The average molecular weight is 515 g/mol. The van der Waals surface area contributed by atoms with Gasteiger partial charge in [-0.25, -0.2) is 0 Å². The molecule has 0 aliphatic carbocycles. The smallest absolute Gasteiger partial charge is 0.210 e. The number of aliphatic hydroxyl groups excluding tert-OH is 1. The van der Waals surface area contributed by atoms with E-state index < -0.39 is 20.1 Å². The Morgan fingerprint density at radius 3 is 2.03 bits per heavy atom. The SMILES string of the molecule is COc1ccc(COCCC/C=C(\C)[C@H](C)[C@H](O)[C@@H](C)C(=O)C#C[Si](C(C)C)(C(C)C)C(C)C)cc1. The Bertz CT molecular complexity index is 868. The van der Waals surface area contributed by atoms with Crippen LogP contribution in [0.5, 0.6) is 5.75 Å². The van der Waals surface area contributed by atoms with E-state index in [1.165, 1.54) is 0 Å². The first-order chi connectivity index (χ1) is 16.9. The van der Waals surface area contributed by atoms with Crippen molar-refractivity contribution in [2.45, 2.75) is 104 Å². The van der Waals surface area contributed by atoms with Crippen LogP contribution < -0.4 is 4.74 Å². The van der Waals surface area contributed by atoms with Crippen LogP contribution in [0.2, 0.25) is 16.6 Å². The molecule has 1 aromatic carbocycles. The summed E-state index contributed by atoms with van der Waals surface area (Å²) in [5, 5.41) is 10.9. The lowest BCUT2D eigenvalue weighted by Crippen LogP contribution is -2.43. The summed E-state index contributed by atoms with van der Waals surface area (Å²) in [7, 11) is -0.308. The molecule has 0 heterocycles. The maximum absolute atomic E-state index is 13.0. The van der Waals surface area contributed by atoms with Gasteiger partial charge in [-0.15, -0.1) is 5.54 Å². The second-order valence-electron chi connectivity index (χ2n) is 11.1. The van der Waals surface area contributed by atoms with Crippen molar-refractivity contribution in [3.8, 4) is 17.2 Å². The van der Waals surface area contributed by atoms with E-state index in [4.69, 9.17) is 9.47 Å². The Kier molecular flexibility index (Phi) is 13.8. The van der Waals surface area contributed by atoms with E-state index in [-0.39, 0.29) is 11.7 Å². The van der Waals surface area contributed by atoms with Crippen molar-refractivity contribution in [1.82, 2.24) is 0 Å². The van der Waals surface area contributed by atoms with Crippen LogP contribution in [0.3, 0.4) is 0 Å². The van der Waals surface area contributed by atoms with E-state index in [0.29, 0.717) is 29.8 Å². The van der Waals surface area contributed by atoms with Crippen LogP contribution in [-0.4, -0.2) is 38.8 Å². The maximum Gasteiger partial charge on any atom is 0.210 e. The zero-order valence-corrected chi connectivity index (χ0v) is 25.4. The molecule has 1 rings (SSSR count). The third-order valence-corrected chi connectivity index (χ3v) is 14.1. The molecular formula is C31H50O4Si. The second-order valence-corrected chi connectivity index (χ2v) is 16.7. The van der Waals surface area contributed by atoms with Crippen LogP contribution in [0.15, 0.2) is 35.9 Å².